The van der Waals surface area contributed by atoms with Gasteiger partial charge in [0.15, 0.2) is 0 Å². The van der Waals surface area contributed by atoms with Crippen molar-refractivity contribution in [2.75, 3.05) is 52.9 Å². The molecule has 0 spiro atoms. The molecule has 0 aliphatic carbocycles. The standard InChI is InChI=1S/C128H168Br2N8O8/c1-9-17-25-33-41-49-73-139-97-81-93(82-98(89-97)140-74-50-42-34-26-18-10-2)121-105-57-61-113(131-105)125(114-62-58-106(132-114)122(110-66-70-118(136-110)127(129)117-69-65-109(121)135-117)94-83-99(141-75-51-43-35-27-19-11-3)90-100(84-94)142-76-52-44-36-28-20-12-4)126-115-63-59-107(133-115)123(95-85-101(143-77-53-45-37-29-21-13-5)91-102(86-95)144-78-54-46-38-30-22-14-6)111-67-71-119(137-111)128(130)120-72-68-112(138-120)124(108-60-64-116(126)134-108)96-87-103(145-79-55-47-39-31-23-15-7)92-104(88-96)146-80-56-48-40-32-24-16-8/h57-72,81-92,131,133,136,138H,9-56,73-80H2,1-8H3. The van der Waals surface area contributed by atoms with E-state index in [2.05, 4.69) is 277 Å². The van der Waals surface area contributed by atoms with Gasteiger partial charge in [0.05, 0.1) is 118 Å². The number of ether oxygens (including phenoxy) is 8. The van der Waals surface area contributed by atoms with E-state index in [1.807, 2.05) is 0 Å². The lowest BCUT2D eigenvalue weighted by Gasteiger charge is -2.14. The summed E-state index contributed by atoms with van der Waals surface area (Å²) in [5.74, 6) is 5.97. The van der Waals surface area contributed by atoms with Gasteiger partial charge in [0.1, 0.15) is 46.0 Å². The Balaban J connectivity index is 1.08. The third-order valence-corrected chi connectivity index (χ3v) is 30.1. The molecule has 0 unspecified atom stereocenters. The first kappa shape index (κ1) is 111. The van der Waals surface area contributed by atoms with Gasteiger partial charge in [0.2, 0.25) is 0 Å². The monoisotopic (exact) mass is 2100 g/mol. The number of rotatable bonds is 69. The predicted octanol–water partition coefficient (Wildman–Crippen LogP) is 39.4. The van der Waals surface area contributed by atoms with Gasteiger partial charge in [-0.25, -0.2) is 19.9 Å². The number of fused-ring (bicyclic) bond motifs is 16. The van der Waals surface area contributed by atoms with E-state index < -0.39 is 0 Å². The van der Waals surface area contributed by atoms with Crippen molar-refractivity contribution in [2.45, 2.75) is 364 Å². The van der Waals surface area contributed by atoms with Gasteiger partial charge in [-0.15, -0.1) is 0 Å². The second-order valence-electron chi connectivity index (χ2n) is 40.6. The first-order valence-corrected chi connectivity index (χ1v) is 58.8. The van der Waals surface area contributed by atoms with E-state index in [4.69, 9.17) is 57.8 Å². The number of hydrogen-bond donors (Lipinski definition) is 4. The van der Waals surface area contributed by atoms with Crippen molar-refractivity contribution in [3.63, 3.8) is 0 Å². The van der Waals surface area contributed by atoms with Gasteiger partial charge in [-0.3, -0.25) is 0 Å². The maximum Gasteiger partial charge on any atom is 0.123 e. The SMILES string of the molecule is CCCCCCCCOc1cc(OCCCCCCCC)cc(-c2c3nc(c(-c4c5nc(c(-c6cc(OCCCCCCCC)cc(OCCCCCCCC)c6)c6ccc([nH]6)c(Br)c6nc(c(-c7cc(OCCCCCCCC)cc(OCCCCCCCC)c7)c7ccc4[nH]7)C=C6)C=C5)c4ccc([nH]4)c(-c4cc(OCCCCCCCC)cc(OCCCCCCCC)c4)c4nc(c(Br)c5ccc2[nH]5)C=C4)C=C3)c1. The molecule has 0 saturated carbocycles. The third kappa shape index (κ3) is 33.2. The summed E-state index contributed by atoms with van der Waals surface area (Å²) in [5, 5.41) is 0. The Hall–Kier alpha value is -10.6. The van der Waals surface area contributed by atoms with Crippen LogP contribution in [0.4, 0.5) is 0 Å². The summed E-state index contributed by atoms with van der Waals surface area (Å²) in [6, 6.07) is 43.4. The average molecular weight is 2110 g/mol. The maximum absolute atomic E-state index is 6.94. The van der Waals surface area contributed by atoms with Gasteiger partial charge >= 0.3 is 0 Å². The molecule has 4 N–H and O–H groups in total. The topological polar surface area (TPSA) is 189 Å². The Bertz CT molecular complexity index is 5570. The summed E-state index contributed by atoms with van der Waals surface area (Å²) < 4.78 is 57.1. The number of benzene rings is 4. The van der Waals surface area contributed by atoms with Crippen molar-refractivity contribution >= 4 is 125 Å². The second-order valence-corrected chi connectivity index (χ2v) is 42.2. The molecule has 0 saturated heterocycles. The lowest BCUT2D eigenvalue weighted by molar-refractivity contribution is 0.289. The Morgan fingerprint density at radius 2 is 0.315 bits per heavy atom. The van der Waals surface area contributed by atoms with Crippen molar-refractivity contribution in [1.82, 2.24) is 39.9 Å². The molecular formula is C128H168Br2N8O8. The van der Waals surface area contributed by atoms with Crippen molar-refractivity contribution in [2.24, 2.45) is 0 Å². The minimum Gasteiger partial charge on any atom is -0.493 e. The summed E-state index contributed by atoms with van der Waals surface area (Å²) in [6.45, 7) is 22.9. The summed E-state index contributed by atoms with van der Waals surface area (Å²) in [6.07, 6.45) is 72.5. The molecule has 18 heteroatoms. The molecule has 0 atom stereocenters. The van der Waals surface area contributed by atoms with Gasteiger partial charge in [0.25, 0.3) is 0 Å². The summed E-state index contributed by atoms with van der Waals surface area (Å²) >= 11 is 8.41. The Morgan fingerprint density at radius 1 is 0.171 bits per heavy atom. The fourth-order valence-corrected chi connectivity index (χ4v) is 21.1. The lowest BCUT2D eigenvalue weighted by Crippen LogP contribution is -2.01. The van der Waals surface area contributed by atoms with E-state index in [1.165, 1.54) is 205 Å². The van der Waals surface area contributed by atoms with Crippen molar-refractivity contribution in [1.29, 1.82) is 0 Å². The van der Waals surface area contributed by atoms with Gasteiger partial charge < -0.3 is 57.8 Å². The quantitative estimate of drug-likeness (QED) is 0.0265. The van der Waals surface area contributed by atoms with Crippen LogP contribution >= 0.6 is 31.9 Å². The van der Waals surface area contributed by atoms with E-state index in [1.54, 1.807) is 0 Å². The number of nitrogens with zero attached hydrogens (tertiary/aromatic N) is 4. The third-order valence-electron chi connectivity index (χ3n) is 28.4. The van der Waals surface area contributed by atoms with Crippen LogP contribution in [0.5, 0.6) is 46.0 Å². The van der Waals surface area contributed by atoms with E-state index in [0.717, 1.165) is 292 Å². The first-order chi connectivity index (χ1) is 71.9. The molecule has 4 aromatic carbocycles. The summed E-state index contributed by atoms with van der Waals surface area (Å²) in [5.41, 5.74) is 21.1. The second kappa shape index (κ2) is 61.4. The normalized spacial score (nSPS) is 12.1. The Kier molecular flexibility index (Phi) is 46.7. The number of aromatic amines is 4. The van der Waals surface area contributed by atoms with E-state index in [9.17, 15) is 0 Å². The molecule has 146 heavy (non-hydrogen) atoms. The van der Waals surface area contributed by atoms with Crippen LogP contribution in [0, 0.1) is 0 Å². The van der Waals surface area contributed by atoms with Crippen LogP contribution in [0.25, 0.3) is 148 Å². The van der Waals surface area contributed by atoms with Gasteiger partial charge in [-0.05, 0) is 251 Å². The number of unbranched alkanes of at least 4 members (excludes halogenated alkanes) is 40. The van der Waals surface area contributed by atoms with Crippen molar-refractivity contribution in [3.8, 4) is 102 Å². The number of H-pyrrole nitrogens is 4. The fraction of sp³-hybridized carbons (Fsp3) is 0.500. The zero-order chi connectivity index (χ0) is 101. The van der Waals surface area contributed by atoms with Crippen LogP contribution in [0.1, 0.15) is 409 Å². The van der Waals surface area contributed by atoms with E-state index in [0.29, 0.717) is 64.2 Å². The Labute approximate surface area is 889 Å². The molecule has 0 amide bonds. The van der Waals surface area contributed by atoms with Crippen LogP contribution in [0.15, 0.2) is 130 Å². The minimum atomic E-state index is 0.581. The molecule has 6 aromatic heterocycles. The maximum atomic E-state index is 6.94. The lowest BCUT2D eigenvalue weighted by atomic mass is 10.0. The van der Waals surface area contributed by atoms with Crippen molar-refractivity contribution in [3.05, 3.63) is 176 Å². The fourth-order valence-electron chi connectivity index (χ4n) is 20.2. The highest BCUT2D eigenvalue weighted by molar-refractivity contribution is 9.11. The van der Waals surface area contributed by atoms with Crippen LogP contribution in [-0.4, -0.2) is 92.7 Å². The predicted molar refractivity (Wildman–Crippen MR) is 625 cm³/mol. The van der Waals surface area contributed by atoms with Gasteiger partial charge in [-0.2, -0.15) is 0 Å². The van der Waals surface area contributed by atoms with Crippen molar-refractivity contribution < 1.29 is 37.9 Å². The molecule has 14 rings (SSSR count). The highest BCUT2D eigenvalue weighted by Gasteiger charge is 2.27. The average Bonchev–Trinajstić information content (AvgIpc) is 1.60. The number of hydrogen-bond acceptors (Lipinski definition) is 12. The molecular weight excluding hydrogens is 1940 g/mol. The molecule has 16 nitrogen and oxygen atoms in total. The number of halogens is 2. The summed E-state index contributed by atoms with van der Waals surface area (Å²) in [7, 11) is 0. The molecule has 10 aromatic rings. The molecule has 4 aliphatic rings. The zero-order valence-corrected chi connectivity index (χ0v) is 92.7. The smallest absolute Gasteiger partial charge is 0.123 e. The molecule has 4 aliphatic heterocycles. The van der Waals surface area contributed by atoms with E-state index >= 15 is 0 Å². The molecule has 16 bridgehead atoms. The molecule has 0 fully saturated rings. The van der Waals surface area contributed by atoms with Gasteiger partial charge in [0, 0.05) is 90.7 Å². The Morgan fingerprint density at radius 3 is 0.507 bits per heavy atom. The van der Waals surface area contributed by atoms with Crippen LogP contribution < -0.4 is 37.9 Å². The van der Waals surface area contributed by atoms with Gasteiger partial charge in [-0.1, -0.05) is 312 Å². The molecule has 10 heterocycles. The highest BCUT2D eigenvalue weighted by atomic mass is 79.9. The molecule has 782 valence electrons. The van der Waals surface area contributed by atoms with Crippen LogP contribution in [0.2, 0.25) is 0 Å². The largest absolute Gasteiger partial charge is 0.493 e. The number of nitrogens with one attached hydrogen (secondary N) is 4. The summed E-state index contributed by atoms with van der Waals surface area (Å²) in [4.78, 5) is 40.2. The highest BCUT2D eigenvalue weighted by Crippen LogP contribution is 2.47. The minimum absolute atomic E-state index is 0.581. The van der Waals surface area contributed by atoms with Crippen LogP contribution in [-0.2, 0) is 0 Å². The van der Waals surface area contributed by atoms with Crippen LogP contribution in [0.3, 0.4) is 0 Å². The first-order valence-electron chi connectivity index (χ1n) is 57.2. The molecule has 0 radical (unpaired) electrons. The number of aromatic nitrogens is 8. The zero-order valence-electron chi connectivity index (χ0n) is 89.6. The van der Waals surface area contributed by atoms with E-state index in [-0.39, 0.29) is 0 Å².